The SMILES string of the molecule is CC(NC(=O)C1CC2CC2C1)c1ccc(Br)cc1. The molecule has 3 unspecified atom stereocenters. The number of nitrogens with one attached hydrogen (secondary N) is 1. The van der Waals surface area contributed by atoms with Crippen LogP contribution in [-0.2, 0) is 4.79 Å². The van der Waals surface area contributed by atoms with E-state index in [0.717, 1.165) is 34.7 Å². The van der Waals surface area contributed by atoms with Crippen molar-refractivity contribution in [2.75, 3.05) is 0 Å². The van der Waals surface area contributed by atoms with Crippen LogP contribution < -0.4 is 5.32 Å². The molecule has 0 spiro atoms. The van der Waals surface area contributed by atoms with Gasteiger partial charge in [0, 0.05) is 10.4 Å². The maximum atomic E-state index is 12.1. The molecule has 2 nitrogen and oxygen atoms in total. The molecule has 0 radical (unpaired) electrons. The summed E-state index contributed by atoms with van der Waals surface area (Å²) < 4.78 is 1.07. The van der Waals surface area contributed by atoms with E-state index < -0.39 is 0 Å². The summed E-state index contributed by atoms with van der Waals surface area (Å²) in [6.07, 6.45) is 3.60. The molecular formula is C15H18BrNO. The van der Waals surface area contributed by atoms with Crippen molar-refractivity contribution < 1.29 is 4.79 Å². The van der Waals surface area contributed by atoms with Gasteiger partial charge < -0.3 is 5.32 Å². The summed E-state index contributed by atoms with van der Waals surface area (Å²) in [5.74, 6) is 2.25. The second-order valence-electron chi connectivity index (χ2n) is 5.71. The Morgan fingerprint density at radius 2 is 1.83 bits per heavy atom. The van der Waals surface area contributed by atoms with Gasteiger partial charge in [-0.3, -0.25) is 4.79 Å². The number of carbonyl (C=O) groups excluding carboxylic acids is 1. The molecule has 2 aliphatic carbocycles. The first-order valence-corrected chi connectivity index (χ1v) is 7.48. The highest BCUT2D eigenvalue weighted by molar-refractivity contribution is 9.10. The van der Waals surface area contributed by atoms with Gasteiger partial charge in [-0.05, 0) is 55.7 Å². The molecule has 3 rings (SSSR count). The molecule has 1 aromatic rings. The van der Waals surface area contributed by atoms with Crippen molar-refractivity contribution >= 4 is 21.8 Å². The predicted molar refractivity (Wildman–Crippen MR) is 75.0 cm³/mol. The Kier molecular flexibility index (Phi) is 3.18. The van der Waals surface area contributed by atoms with Gasteiger partial charge in [-0.2, -0.15) is 0 Å². The van der Waals surface area contributed by atoms with E-state index in [2.05, 4.69) is 40.3 Å². The van der Waals surface area contributed by atoms with E-state index in [4.69, 9.17) is 0 Å². The maximum absolute atomic E-state index is 12.1. The van der Waals surface area contributed by atoms with Crippen LogP contribution in [0.4, 0.5) is 0 Å². The molecule has 1 N–H and O–H groups in total. The minimum Gasteiger partial charge on any atom is -0.349 e. The topological polar surface area (TPSA) is 29.1 Å². The first-order valence-electron chi connectivity index (χ1n) is 6.69. The van der Waals surface area contributed by atoms with Gasteiger partial charge in [0.25, 0.3) is 0 Å². The molecule has 2 fully saturated rings. The molecule has 0 aromatic heterocycles. The number of carbonyl (C=O) groups is 1. The second kappa shape index (κ2) is 4.69. The van der Waals surface area contributed by atoms with Crippen molar-refractivity contribution in [2.24, 2.45) is 17.8 Å². The van der Waals surface area contributed by atoms with Gasteiger partial charge in [0.05, 0.1) is 6.04 Å². The first kappa shape index (κ1) is 12.2. The number of benzene rings is 1. The van der Waals surface area contributed by atoms with Gasteiger partial charge >= 0.3 is 0 Å². The Morgan fingerprint density at radius 3 is 2.44 bits per heavy atom. The summed E-state index contributed by atoms with van der Waals surface area (Å²) in [5.41, 5.74) is 1.16. The third kappa shape index (κ3) is 2.46. The average molecular weight is 308 g/mol. The summed E-state index contributed by atoms with van der Waals surface area (Å²) in [7, 11) is 0. The largest absolute Gasteiger partial charge is 0.349 e. The van der Waals surface area contributed by atoms with Crippen molar-refractivity contribution in [3.05, 3.63) is 34.3 Å². The third-order valence-electron chi connectivity index (χ3n) is 4.34. The van der Waals surface area contributed by atoms with Crippen LogP contribution in [0.15, 0.2) is 28.7 Å². The van der Waals surface area contributed by atoms with E-state index in [9.17, 15) is 4.79 Å². The van der Waals surface area contributed by atoms with Crippen LogP contribution in [-0.4, -0.2) is 5.91 Å². The Hall–Kier alpha value is -0.830. The van der Waals surface area contributed by atoms with Crippen molar-refractivity contribution in [2.45, 2.75) is 32.2 Å². The van der Waals surface area contributed by atoms with Gasteiger partial charge in [-0.25, -0.2) is 0 Å². The van der Waals surface area contributed by atoms with Crippen LogP contribution >= 0.6 is 15.9 Å². The monoisotopic (exact) mass is 307 g/mol. The maximum Gasteiger partial charge on any atom is 0.223 e. The Morgan fingerprint density at radius 1 is 1.22 bits per heavy atom. The molecule has 3 heteroatoms. The van der Waals surface area contributed by atoms with E-state index in [1.165, 1.54) is 6.42 Å². The van der Waals surface area contributed by atoms with Crippen LogP contribution in [0.3, 0.4) is 0 Å². The zero-order chi connectivity index (χ0) is 12.7. The lowest BCUT2D eigenvalue weighted by molar-refractivity contribution is -0.125. The molecule has 3 atom stereocenters. The van der Waals surface area contributed by atoms with E-state index in [1.54, 1.807) is 0 Å². The standard InChI is InChI=1S/C15H18BrNO/c1-9(10-2-4-14(16)5-3-10)17-15(18)13-7-11-6-12(11)8-13/h2-5,9,11-13H,6-8H2,1H3,(H,17,18). The number of fused-ring (bicyclic) bond motifs is 1. The number of hydrogen-bond acceptors (Lipinski definition) is 1. The highest BCUT2D eigenvalue weighted by Crippen LogP contribution is 2.54. The summed E-state index contributed by atoms with van der Waals surface area (Å²) in [6, 6.07) is 8.25. The van der Waals surface area contributed by atoms with E-state index >= 15 is 0 Å². The minimum atomic E-state index is 0.0996. The molecular weight excluding hydrogens is 290 g/mol. The van der Waals surface area contributed by atoms with Crippen LogP contribution in [0.2, 0.25) is 0 Å². The fourth-order valence-corrected chi connectivity index (χ4v) is 3.36. The zero-order valence-electron chi connectivity index (χ0n) is 10.5. The zero-order valence-corrected chi connectivity index (χ0v) is 12.1. The number of hydrogen-bond donors (Lipinski definition) is 1. The normalized spacial score (nSPS) is 30.7. The summed E-state index contributed by atoms with van der Waals surface area (Å²) in [6.45, 7) is 2.05. The Balaban J connectivity index is 1.58. The van der Waals surface area contributed by atoms with Crippen LogP contribution in [0.5, 0.6) is 0 Å². The minimum absolute atomic E-state index is 0.0996. The lowest BCUT2D eigenvalue weighted by Gasteiger charge is -2.18. The van der Waals surface area contributed by atoms with Crippen molar-refractivity contribution in [1.29, 1.82) is 0 Å². The lowest BCUT2D eigenvalue weighted by Crippen LogP contribution is -2.32. The van der Waals surface area contributed by atoms with E-state index in [-0.39, 0.29) is 17.9 Å². The second-order valence-corrected chi connectivity index (χ2v) is 6.62. The fraction of sp³-hybridized carbons (Fsp3) is 0.533. The number of amides is 1. The fourth-order valence-electron chi connectivity index (χ4n) is 3.09. The van der Waals surface area contributed by atoms with Gasteiger partial charge in [0.15, 0.2) is 0 Å². The molecule has 0 heterocycles. The molecule has 2 aliphatic rings. The van der Waals surface area contributed by atoms with Crippen LogP contribution in [0.1, 0.15) is 37.8 Å². The van der Waals surface area contributed by atoms with E-state index in [0.29, 0.717) is 0 Å². The summed E-state index contributed by atoms with van der Waals surface area (Å²) in [4.78, 5) is 12.1. The Labute approximate surface area is 116 Å². The van der Waals surface area contributed by atoms with Gasteiger partial charge in [-0.1, -0.05) is 28.1 Å². The highest BCUT2D eigenvalue weighted by Gasteiger charge is 2.48. The van der Waals surface area contributed by atoms with Gasteiger partial charge in [0.2, 0.25) is 5.91 Å². The van der Waals surface area contributed by atoms with Crippen LogP contribution in [0, 0.1) is 17.8 Å². The van der Waals surface area contributed by atoms with Gasteiger partial charge in [-0.15, -0.1) is 0 Å². The molecule has 0 aliphatic heterocycles. The van der Waals surface area contributed by atoms with E-state index in [1.807, 2.05) is 12.1 Å². The Bertz CT molecular complexity index is 446. The quantitative estimate of drug-likeness (QED) is 0.907. The first-order chi connectivity index (χ1) is 8.63. The number of rotatable bonds is 3. The molecule has 18 heavy (non-hydrogen) atoms. The van der Waals surface area contributed by atoms with Crippen molar-refractivity contribution in [3.63, 3.8) is 0 Å². The summed E-state index contributed by atoms with van der Waals surface area (Å²) in [5, 5.41) is 3.14. The predicted octanol–water partition coefficient (Wildman–Crippen LogP) is 3.67. The molecule has 1 amide bonds. The highest BCUT2D eigenvalue weighted by atomic mass is 79.9. The summed E-state index contributed by atoms with van der Waals surface area (Å²) >= 11 is 3.42. The molecule has 1 aromatic carbocycles. The lowest BCUT2D eigenvalue weighted by atomic mass is 10.0. The number of halogens is 1. The van der Waals surface area contributed by atoms with Crippen LogP contribution in [0.25, 0.3) is 0 Å². The average Bonchev–Trinajstić information content (AvgIpc) is 2.96. The van der Waals surface area contributed by atoms with Crippen molar-refractivity contribution in [1.82, 2.24) is 5.32 Å². The third-order valence-corrected chi connectivity index (χ3v) is 4.87. The smallest absolute Gasteiger partial charge is 0.223 e. The van der Waals surface area contributed by atoms with Gasteiger partial charge in [0.1, 0.15) is 0 Å². The molecule has 2 saturated carbocycles. The molecule has 96 valence electrons. The molecule has 0 saturated heterocycles. The van der Waals surface area contributed by atoms with Crippen molar-refractivity contribution in [3.8, 4) is 0 Å². The molecule has 0 bridgehead atoms.